The molecule has 3 rings (SSSR count). The number of para-hydroxylation sites is 1. The van der Waals surface area contributed by atoms with Crippen LogP contribution in [0, 0.1) is 0 Å². The topological polar surface area (TPSA) is 86.3 Å². The summed E-state index contributed by atoms with van der Waals surface area (Å²) in [6, 6.07) is 15.0. The minimum Gasteiger partial charge on any atom is -0.496 e. The molecular weight excluding hydrogens is 334 g/mol. The van der Waals surface area contributed by atoms with Gasteiger partial charge >= 0.3 is 5.97 Å². The number of aromatic amines is 1. The van der Waals surface area contributed by atoms with Crippen molar-refractivity contribution in [1.82, 2.24) is 15.4 Å². The molecular formula is C19H19N3O4. The fraction of sp³-hybridized carbons (Fsp3) is 0.211. The summed E-state index contributed by atoms with van der Waals surface area (Å²) in [5.41, 5.74) is 2.11. The van der Waals surface area contributed by atoms with Gasteiger partial charge < -0.3 is 14.2 Å². The number of nitrogens with zero attached hydrogens (tertiary/aromatic N) is 2. The van der Waals surface area contributed by atoms with Gasteiger partial charge in [-0.3, -0.25) is 0 Å². The Kier molecular flexibility index (Phi) is 5.48. The number of ether oxygens (including phenoxy) is 3. The van der Waals surface area contributed by atoms with E-state index in [0.29, 0.717) is 23.6 Å². The van der Waals surface area contributed by atoms with Gasteiger partial charge in [0.1, 0.15) is 23.8 Å². The molecule has 0 bridgehead atoms. The molecule has 2 aromatic carbocycles. The molecule has 0 aliphatic carbocycles. The summed E-state index contributed by atoms with van der Waals surface area (Å²) >= 11 is 0. The Morgan fingerprint density at radius 3 is 2.65 bits per heavy atom. The molecule has 0 radical (unpaired) electrons. The van der Waals surface area contributed by atoms with Crippen molar-refractivity contribution in [2.45, 2.75) is 13.5 Å². The lowest BCUT2D eigenvalue weighted by Crippen LogP contribution is -2.07. The molecule has 7 heteroatoms. The molecule has 0 atom stereocenters. The van der Waals surface area contributed by atoms with Crippen LogP contribution in [0.3, 0.4) is 0 Å². The van der Waals surface area contributed by atoms with E-state index in [1.807, 2.05) is 48.5 Å². The third kappa shape index (κ3) is 3.83. The second-order valence-corrected chi connectivity index (χ2v) is 5.37. The molecule has 134 valence electrons. The molecule has 0 saturated carbocycles. The highest BCUT2D eigenvalue weighted by molar-refractivity contribution is 5.94. The summed E-state index contributed by atoms with van der Waals surface area (Å²) < 4.78 is 16.2. The molecule has 1 N–H and O–H groups in total. The second kappa shape index (κ2) is 8.15. The second-order valence-electron chi connectivity index (χ2n) is 5.37. The number of esters is 1. The summed E-state index contributed by atoms with van der Waals surface area (Å²) in [4.78, 5) is 12.0. The molecule has 0 fully saturated rings. The van der Waals surface area contributed by atoms with Gasteiger partial charge in [0.05, 0.1) is 13.7 Å². The molecule has 0 unspecified atom stereocenters. The number of H-pyrrole nitrogens is 1. The van der Waals surface area contributed by atoms with Crippen LogP contribution >= 0.6 is 0 Å². The molecule has 0 aliphatic rings. The Morgan fingerprint density at radius 1 is 1.12 bits per heavy atom. The fourth-order valence-electron chi connectivity index (χ4n) is 2.49. The number of aromatic nitrogens is 3. The van der Waals surface area contributed by atoms with E-state index in [1.54, 1.807) is 14.0 Å². The van der Waals surface area contributed by atoms with E-state index in [0.717, 1.165) is 11.3 Å². The predicted octanol–water partition coefficient (Wildman–Crippen LogP) is 3.24. The molecule has 0 saturated heterocycles. The number of methoxy groups -OCH3 is 1. The molecule has 3 aromatic rings. The predicted molar refractivity (Wildman–Crippen MR) is 95.1 cm³/mol. The minimum atomic E-state index is -0.519. The van der Waals surface area contributed by atoms with Crippen LogP contribution in [-0.2, 0) is 11.3 Å². The van der Waals surface area contributed by atoms with Crippen molar-refractivity contribution in [2.24, 2.45) is 0 Å². The fourth-order valence-corrected chi connectivity index (χ4v) is 2.49. The minimum absolute atomic E-state index is 0.145. The van der Waals surface area contributed by atoms with Crippen LogP contribution in [0.5, 0.6) is 11.5 Å². The Bertz CT molecular complexity index is 878. The standard InChI is InChI=1S/C19H19N3O4/c1-3-25-19(23)18-17(20-22-21-18)13-9-10-16(24-2)14(11-13)12-26-15-7-5-4-6-8-15/h4-11H,3,12H2,1-2H3,(H,20,21,22). The van der Waals surface area contributed by atoms with E-state index in [9.17, 15) is 4.79 Å². The number of benzene rings is 2. The Hall–Kier alpha value is -3.35. The van der Waals surface area contributed by atoms with Crippen LogP contribution in [0.4, 0.5) is 0 Å². The van der Waals surface area contributed by atoms with E-state index in [1.165, 1.54) is 0 Å². The van der Waals surface area contributed by atoms with E-state index >= 15 is 0 Å². The number of carbonyl (C=O) groups is 1. The van der Waals surface area contributed by atoms with Crippen LogP contribution < -0.4 is 9.47 Å². The normalized spacial score (nSPS) is 10.4. The van der Waals surface area contributed by atoms with Gasteiger partial charge in [-0.1, -0.05) is 18.2 Å². The zero-order chi connectivity index (χ0) is 18.4. The van der Waals surface area contributed by atoms with E-state index in [2.05, 4.69) is 15.4 Å². The molecule has 0 aliphatic heterocycles. The average Bonchev–Trinajstić information content (AvgIpc) is 3.17. The highest BCUT2D eigenvalue weighted by atomic mass is 16.5. The first kappa shape index (κ1) is 17.5. The number of hydrogen-bond acceptors (Lipinski definition) is 6. The maximum absolute atomic E-state index is 12.0. The van der Waals surface area contributed by atoms with Crippen LogP contribution in [0.1, 0.15) is 23.0 Å². The van der Waals surface area contributed by atoms with Gasteiger partial charge in [0, 0.05) is 11.1 Å². The maximum atomic E-state index is 12.0. The quantitative estimate of drug-likeness (QED) is 0.656. The third-order valence-corrected chi connectivity index (χ3v) is 3.71. The number of carbonyl (C=O) groups excluding carboxylic acids is 1. The first-order valence-corrected chi connectivity index (χ1v) is 8.16. The Balaban J connectivity index is 1.88. The summed E-state index contributed by atoms with van der Waals surface area (Å²) in [6.45, 7) is 2.32. The summed E-state index contributed by atoms with van der Waals surface area (Å²) in [7, 11) is 1.60. The van der Waals surface area contributed by atoms with Crippen LogP contribution in [0.15, 0.2) is 48.5 Å². The van der Waals surface area contributed by atoms with Gasteiger partial charge in [0.15, 0.2) is 5.69 Å². The lowest BCUT2D eigenvalue weighted by atomic mass is 10.1. The highest BCUT2D eigenvalue weighted by Crippen LogP contribution is 2.28. The molecule has 1 heterocycles. The number of nitrogens with one attached hydrogen (secondary N) is 1. The van der Waals surface area contributed by atoms with Gasteiger partial charge in [0.25, 0.3) is 0 Å². The largest absolute Gasteiger partial charge is 0.496 e. The van der Waals surface area contributed by atoms with Crippen LogP contribution in [0.25, 0.3) is 11.3 Å². The average molecular weight is 353 g/mol. The van der Waals surface area contributed by atoms with Crippen molar-refractivity contribution in [3.05, 3.63) is 59.8 Å². The summed E-state index contributed by atoms with van der Waals surface area (Å²) in [6.07, 6.45) is 0. The first-order chi connectivity index (χ1) is 12.7. The maximum Gasteiger partial charge on any atom is 0.361 e. The van der Waals surface area contributed by atoms with Crippen molar-refractivity contribution in [3.63, 3.8) is 0 Å². The van der Waals surface area contributed by atoms with Crippen molar-refractivity contribution >= 4 is 5.97 Å². The van der Waals surface area contributed by atoms with Gasteiger partial charge in [-0.2, -0.15) is 10.3 Å². The number of rotatable bonds is 7. The first-order valence-electron chi connectivity index (χ1n) is 8.16. The van der Waals surface area contributed by atoms with Crippen LogP contribution in [-0.4, -0.2) is 35.1 Å². The highest BCUT2D eigenvalue weighted by Gasteiger charge is 2.20. The molecule has 26 heavy (non-hydrogen) atoms. The summed E-state index contributed by atoms with van der Waals surface area (Å²) in [5, 5.41) is 10.5. The SMILES string of the molecule is CCOC(=O)c1n[nH]nc1-c1ccc(OC)c(COc2ccccc2)c1. The van der Waals surface area contributed by atoms with Crippen molar-refractivity contribution < 1.29 is 19.0 Å². The van der Waals surface area contributed by atoms with Crippen LogP contribution in [0.2, 0.25) is 0 Å². The van der Waals surface area contributed by atoms with Gasteiger partial charge in [-0.05, 0) is 37.3 Å². The van der Waals surface area contributed by atoms with Gasteiger partial charge in [-0.25, -0.2) is 4.79 Å². The molecule has 0 spiro atoms. The van der Waals surface area contributed by atoms with Gasteiger partial charge in [0.2, 0.25) is 0 Å². The molecule has 7 nitrogen and oxygen atoms in total. The van der Waals surface area contributed by atoms with Gasteiger partial charge in [-0.15, -0.1) is 5.10 Å². The monoisotopic (exact) mass is 353 g/mol. The molecule has 0 amide bonds. The van der Waals surface area contributed by atoms with Crippen molar-refractivity contribution in [3.8, 4) is 22.8 Å². The number of hydrogen-bond donors (Lipinski definition) is 1. The lowest BCUT2D eigenvalue weighted by molar-refractivity contribution is 0.0520. The Labute approximate surface area is 150 Å². The van der Waals surface area contributed by atoms with Crippen molar-refractivity contribution in [2.75, 3.05) is 13.7 Å². The van der Waals surface area contributed by atoms with E-state index < -0.39 is 5.97 Å². The smallest absolute Gasteiger partial charge is 0.361 e. The Morgan fingerprint density at radius 2 is 1.92 bits per heavy atom. The van der Waals surface area contributed by atoms with E-state index in [4.69, 9.17) is 14.2 Å². The van der Waals surface area contributed by atoms with Crippen molar-refractivity contribution in [1.29, 1.82) is 0 Å². The zero-order valence-electron chi connectivity index (χ0n) is 14.6. The molecule has 1 aromatic heterocycles. The third-order valence-electron chi connectivity index (χ3n) is 3.71. The van der Waals surface area contributed by atoms with E-state index in [-0.39, 0.29) is 12.3 Å². The zero-order valence-corrected chi connectivity index (χ0v) is 14.6. The summed E-state index contributed by atoms with van der Waals surface area (Å²) in [5.74, 6) is 0.925. The lowest BCUT2D eigenvalue weighted by Gasteiger charge is -2.12.